The molecule has 0 radical (unpaired) electrons. The van der Waals surface area contributed by atoms with E-state index in [4.69, 9.17) is 27.9 Å². The third-order valence-corrected chi connectivity index (χ3v) is 3.58. The number of hydrogen-bond acceptors (Lipinski definition) is 1. The lowest BCUT2D eigenvalue weighted by atomic mass is 10.1. The highest BCUT2D eigenvalue weighted by molar-refractivity contribution is 6.31. The van der Waals surface area contributed by atoms with Gasteiger partial charge < -0.3 is 4.74 Å². The first-order valence-corrected chi connectivity index (χ1v) is 7.54. The molecule has 0 saturated carbocycles. The molecule has 2 rings (SSSR count). The number of alkyl halides is 1. The summed E-state index contributed by atoms with van der Waals surface area (Å²) < 4.78 is 5.79. The summed E-state index contributed by atoms with van der Waals surface area (Å²) in [5, 5.41) is 0.733. The molecule has 108 valence electrons. The molecule has 0 aliphatic carbocycles. The predicted octanol–water partition coefficient (Wildman–Crippen LogP) is 5.13. The third kappa shape index (κ3) is 4.43. The van der Waals surface area contributed by atoms with Gasteiger partial charge in [-0.3, -0.25) is 0 Å². The van der Waals surface area contributed by atoms with Crippen molar-refractivity contribution in [3.8, 4) is 17.6 Å². The number of rotatable bonds is 3. The summed E-state index contributed by atoms with van der Waals surface area (Å²) in [6, 6.07) is 11.8. The smallest absolute Gasteiger partial charge is 0.120 e. The molecule has 0 saturated heterocycles. The molecule has 2 aromatic rings. The summed E-state index contributed by atoms with van der Waals surface area (Å²) in [5.74, 6) is 7.02. The van der Waals surface area contributed by atoms with Crippen LogP contribution in [-0.2, 0) is 6.61 Å². The van der Waals surface area contributed by atoms with Crippen LogP contribution in [0.15, 0.2) is 36.4 Å². The largest absolute Gasteiger partial charge is 0.489 e. The summed E-state index contributed by atoms with van der Waals surface area (Å²) >= 11 is 11.8. The molecular weight excluding hydrogens is 303 g/mol. The molecule has 0 spiro atoms. The van der Waals surface area contributed by atoms with Crippen LogP contribution in [0.3, 0.4) is 0 Å². The highest BCUT2D eigenvalue weighted by atomic mass is 35.5. The van der Waals surface area contributed by atoms with Crippen LogP contribution in [0.2, 0.25) is 5.02 Å². The molecular formula is C18H16Cl2O. The highest BCUT2D eigenvalue weighted by Crippen LogP contribution is 2.21. The maximum Gasteiger partial charge on any atom is 0.120 e. The minimum Gasteiger partial charge on any atom is -0.489 e. The lowest BCUT2D eigenvalue weighted by Crippen LogP contribution is -1.97. The first kappa shape index (κ1) is 15.8. The highest BCUT2D eigenvalue weighted by Gasteiger charge is 2.03. The molecule has 0 atom stereocenters. The van der Waals surface area contributed by atoms with E-state index in [1.807, 2.05) is 50.2 Å². The summed E-state index contributed by atoms with van der Waals surface area (Å²) in [7, 11) is 0. The zero-order valence-electron chi connectivity index (χ0n) is 12.0. The maximum atomic E-state index is 6.20. The lowest BCUT2D eigenvalue weighted by Gasteiger charge is -2.09. The van der Waals surface area contributed by atoms with Crippen molar-refractivity contribution in [1.29, 1.82) is 0 Å². The molecule has 0 amide bonds. The van der Waals surface area contributed by atoms with E-state index in [9.17, 15) is 0 Å². The van der Waals surface area contributed by atoms with Crippen molar-refractivity contribution in [2.24, 2.45) is 0 Å². The minimum absolute atomic E-state index is 0.337. The topological polar surface area (TPSA) is 9.23 Å². The Labute approximate surface area is 135 Å². The van der Waals surface area contributed by atoms with Gasteiger partial charge in [0.2, 0.25) is 0 Å². The van der Waals surface area contributed by atoms with Gasteiger partial charge in [-0.25, -0.2) is 0 Å². The molecule has 21 heavy (non-hydrogen) atoms. The van der Waals surface area contributed by atoms with Crippen LogP contribution in [-0.4, -0.2) is 5.88 Å². The van der Waals surface area contributed by atoms with E-state index >= 15 is 0 Å². The lowest BCUT2D eigenvalue weighted by molar-refractivity contribution is 0.306. The van der Waals surface area contributed by atoms with E-state index in [0.717, 1.165) is 33.0 Å². The molecule has 0 N–H and O–H groups in total. The van der Waals surface area contributed by atoms with Crippen LogP contribution in [0.25, 0.3) is 0 Å². The number of aryl methyl sites for hydroxylation is 2. The molecule has 0 aliphatic heterocycles. The third-order valence-electron chi connectivity index (χ3n) is 3.09. The predicted molar refractivity (Wildman–Crippen MR) is 89.3 cm³/mol. The standard InChI is InChI=1S/C18H16Cl2O/c1-13-5-6-16(18(20)10-13)12-21-17-8-7-15(4-3-9-19)14(2)11-17/h5-8,10-11H,9,12H2,1-2H3. The van der Waals surface area contributed by atoms with Crippen molar-refractivity contribution in [1.82, 2.24) is 0 Å². The Bertz CT molecular complexity index is 696. The molecule has 1 nitrogen and oxygen atoms in total. The summed E-state index contributed by atoms with van der Waals surface area (Å²) in [6.45, 7) is 4.47. The molecule has 0 aliphatic rings. The van der Waals surface area contributed by atoms with Crippen molar-refractivity contribution in [3.63, 3.8) is 0 Å². The average molecular weight is 319 g/mol. The Balaban J connectivity index is 2.08. The fourth-order valence-corrected chi connectivity index (χ4v) is 2.28. The van der Waals surface area contributed by atoms with Crippen LogP contribution in [0, 0.1) is 25.7 Å². The van der Waals surface area contributed by atoms with Gasteiger partial charge in [0.1, 0.15) is 12.4 Å². The maximum absolute atomic E-state index is 6.20. The Morgan fingerprint density at radius 2 is 1.90 bits per heavy atom. The molecule has 0 aromatic heterocycles. The van der Waals surface area contributed by atoms with Gasteiger partial charge in [0.05, 0.1) is 5.88 Å². The Morgan fingerprint density at radius 3 is 2.57 bits per heavy atom. The molecule has 0 heterocycles. The van der Waals surface area contributed by atoms with Crippen LogP contribution in [0.1, 0.15) is 22.3 Å². The molecule has 2 aromatic carbocycles. The number of hydrogen-bond donors (Lipinski definition) is 0. The fourth-order valence-electron chi connectivity index (χ4n) is 1.93. The second-order valence-corrected chi connectivity index (χ2v) is 5.47. The molecule has 0 bridgehead atoms. The minimum atomic E-state index is 0.337. The summed E-state index contributed by atoms with van der Waals surface area (Å²) in [6.07, 6.45) is 0. The molecule has 0 fully saturated rings. The van der Waals surface area contributed by atoms with Crippen molar-refractivity contribution in [2.75, 3.05) is 5.88 Å². The van der Waals surface area contributed by atoms with E-state index in [-0.39, 0.29) is 0 Å². The van der Waals surface area contributed by atoms with E-state index in [2.05, 4.69) is 11.8 Å². The van der Waals surface area contributed by atoms with Gasteiger partial charge in [-0.2, -0.15) is 0 Å². The van der Waals surface area contributed by atoms with Gasteiger partial charge in [-0.05, 0) is 49.2 Å². The average Bonchev–Trinajstić information content (AvgIpc) is 2.45. The van der Waals surface area contributed by atoms with Gasteiger partial charge in [0, 0.05) is 16.1 Å². The number of ether oxygens (including phenoxy) is 1. The van der Waals surface area contributed by atoms with Gasteiger partial charge in [-0.15, -0.1) is 11.6 Å². The fraction of sp³-hybridized carbons (Fsp3) is 0.222. The van der Waals surface area contributed by atoms with Crippen molar-refractivity contribution >= 4 is 23.2 Å². The zero-order chi connectivity index (χ0) is 15.2. The van der Waals surface area contributed by atoms with Crippen molar-refractivity contribution in [2.45, 2.75) is 20.5 Å². The number of benzene rings is 2. The monoisotopic (exact) mass is 318 g/mol. The molecule has 0 unspecified atom stereocenters. The van der Waals surface area contributed by atoms with E-state index in [1.165, 1.54) is 0 Å². The van der Waals surface area contributed by atoms with Gasteiger partial charge in [0.15, 0.2) is 0 Å². The normalized spacial score (nSPS) is 9.90. The van der Waals surface area contributed by atoms with Crippen molar-refractivity contribution < 1.29 is 4.74 Å². The van der Waals surface area contributed by atoms with Crippen molar-refractivity contribution in [3.05, 3.63) is 63.7 Å². The summed E-state index contributed by atoms with van der Waals surface area (Å²) in [5.41, 5.74) is 4.16. The molecule has 3 heteroatoms. The second-order valence-electron chi connectivity index (χ2n) is 4.80. The quantitative estimate of drug-likeness (QED) is 0.563. The van der Waals surface area contributed by atoms with Gasteiger partial charge in [-0.1, -0.05) is 35.6 Å². The van der Waals surface area contributed by atoms with Crippen LogP contribution in [0.4, 0.5) is 0 Å². The van der Waals surface area contributed by atoms with Crippen LogP contribution < -0.4 is 4.74 Å². The second kappa shape index (κ2) is 7.41. The van der Waals surface area contributed by atoms with Gasteiger partial charge >= 0.3 is 0 Å². The zero-order valence-corrected chi connectivity index (χ0v) is 13.6. The SMILES string of the molecule is Cc1ccc(COc2ccc(C#CCCl)c(C)c2)c(Cl)c1. The Hall–Kier alpha value is -1.62. The first-order valence-electron chi connectivity index (χ1n) is 6.63. The van der Waals surface area contributed by atoms with E-state index < -0.39 is 0 Å². The van der Waals surface area contributed by atoms with Crippen LogP contribution >= 0.6 is 23.2 Å². The number of halogens is 2. The Morgan fingerprint density at radius 1 is 1.10 bits per heavy atom. The van der Waals surface area contributed by atoms with Gasteiger partial charge in [0.25, 0.3) is 0 Å². The van der Waals surface area contributed by atoms with Crippen LogP contribution in [0.5, 0.6) is 5.75 Å². The first-order chi connectivity index (χ1) is 10.1. The Kier molecular flexibility index (Phi) is 5.56. The van der Waals surface area contributed by atoms with E-state index in [0.29, 0.717) is 12.5 Å². The summed E-state index contributed by atoms with van der Waals surface area (Å²) in [4.78, 5) is 0. The van der Waals surface area contributed by atoms with E-state index in [1.54, 1.807) is 0 Å².